The molecule has 0 aliphatic rings. The van der Waals surface area contributed by atoms with Gasteiger partial charge in [-0.05, 0) is 35.0 Å². The molecule has 4 nitrogen and oxygen atoms in total. The fraction of sp³-hybridized carbons (Fsp3) is 0.167. The molecule has 1 aromatic carbocycles. The van der Waals surface area contributed by atoms with Crippen molar-refractivity contribution >= 4 is 56.6 Å². The van der Waals surface area contributed by atoms with Gasteiger partial charge in [-0.1, -0.05) is 23.2 Å². The first-order chi connectivity index (χ1) is 9.51. The van der Waals surface area contributed by atoms with E-state index in [9.17, 15) is 4.39 Å². The lowest BCUT2D eigenvalue weighted by Crippen LogP contribution is -2.05. The lowest BCUT2D eigenvalue weighted by Gasteiger charge is -2.12. The van der Waals surface area contributed by atoms with Crippen LogP contribution in [-0.2, 0) is 0 Å². The predicted octanol–water partition coefficient (Wildman–Crippen LogP) is 4.86. The smallest absolute Gasteiger partial charge is 0.224 e. The van der Waals surface area contributed by atoms with Gasteiger partial charge in [0.05, 0.1) is 16.9 Å². The standard InChI is InChI=1S/C12H10BrCl2FN4/c1-2-17-12-18-5-9(15)11(20-12)19-10-7(13)3-6(16)4-8(10)14/h3-5H,2H2,1H3,(H2,17,18,19,20). The molecule has 20 heavy (non-hydrogen) atoms. The van der Waals surface area contributed by atoms with Crippen molar-refractivity contribution in [3.63, 3.8) is 0 Å². The highest BCUT2D eigenvalue weighted by Gasteiger charge is 2.12. The Morgan fingerprint density at radius 1 is 1.30 bits per heavy atom. The predicted molar refractivity (Wildman–Crippen MR) is 83.6 cm³/mol. The van der Waals surface area contributed by atoms with Crippen LogP contribution in [0.2, 0.25) is 10.0 Å². The van der Waals surface area contributed by atoms with Gasteiger partial charge in [0.15, 0.2) is 5.82 Å². The molecule has 0 aliphatic carbocycles. The number of nitrogens with one attached hydrogen (secondary N) is 2. The van der Waals surface area contributed by atoms with Crippen molar-refractivity contribution < 1.29 is 4.39 Å². The molecule has 0 fully saturated rings. The minimum absolute atomic E-state index is 0.219. The SMILES string of the molecule is CCNc1ncc(Cl)c(Nc2c(Cl)cc(F)cc2Br)n1. The summed E-state index contributed by atoms with van der Waals surface area (Å²) in [6, 6.07) is 2.50. The molecule has 0 atom stereocenters. The van der Waals surface area contributed by atoms with Crippen molar-refractivity contribution in [2.75, 3.05) is 17.2 Å². The van der Waals surface area contributed by atoms with Crippen LogP contribution < -0.4 is 10.6 Å². The minimum atomic E-state index is -0.436. The number of hydrogen-bond acceptors (Lipinski definition) is 4. The maximum Gasteiger partial charge on any atom is 0.224 e. The molecule has 0 saturated carbocycles. The molecule has 0 aliphatic heterocycles. The van der Waals surface area contributed by atoms with Gasteiger partial charge in [-0.3, -0.25) is 0 Å². The van der Waals surface area contributed by atoms with E-state index in [4.69, 9.17) is 23.2 Å². The maximum atomic E-state index is 13.2. The summed E-state index contributed by atoms with van der Waals surface area (Å²) < 4.78 is 13.7. The van der Waals surface area contributed by atoms with E-state index in [0.29, 0.717) is 33.5 Å². The first-order valence-corrected chi connectivity index (χ1v) is 7.24. The number of nitrogens with zero attached hydrogens (tertiary/aromatic N) is 2. The lowest BCUT2D eigenvalue weighted by molar-refractivity contribution is 0.627. The fourth-order valence-corrected chi connectivity index (χ4v) is 2.52. The van der Waals surface area contributed by atoms with Crippen LogP contribution in [0.5, 0.6) is 0 Å². The highest BCUT2D eigenvalue weighted by Crippen LogP contribution is 2.35. The second-order valence-electron chi connectivity index (χ2n) is 3.79. The van der Waals surface area contributed by atoms with E-state index in [1.807, 2.05) is 6.92 Å². The maximum absolute atomic E-state index is 13.2. The van der Waals surface area contributed by atoms with E-state index < -0.39 is 5.82 Å². The molecule has 0 saturated heterocycles. The van der Waals surface area contributed by atoms with Gasteiger partial charge in [-0.15, -0.1) is 0 Å². The zero-order chi connectivity index (χ0) is 14.7. The Morgan fingerprint density at radius 2 is 2.05 bits per heavy atom. The number of benzene rings is 1. The zero-order valence-electron chi connectivity index (χ0n) is 10.3. The quantitative estimate of drug-likeness (QED) is 0.796. The van der Waals surface area contributed by atoms with Crippen LogP contribution in [0.25, 0.3) is 0 Å². The number of aromatic nitrogens is 2. The minimum Gasteiger partial charge on any atom is -0.354 e. The van der Waals surface area contributed by atoms with Gasteiger partial charge >= 0.3 is 0 Å². The summed E-state index contributed by atoms with van der Waals surface area (Å²) in [7, 11) is 0. The molecule has 2 N–H and O–H groups in total. The van der Waals surface area contributed by atoms with Crippen molar-refractivity contribution in [2.45, 2.75) is 6.92 Å². The Bertz CT molecular complexity index is 616. The molecule has 1 aromatic heterocycles. The van der Waals surface area contributed by atoms with Crippen LogP contribution in [-0.4, -0.2) is 16.5 Å². The van der Waals surface area contributed by atoms with E-state index in [1.54, 1.807) is 0 Å². The van der Waals surface area contributed by atoms with Gasteiger partial charge in [0.2, 0.25) is 5.95 Å². The molecule has 0 amide bonds. The van der Waals surface area contributed by atoms with Gasteiger partial charge < -0.3 is 10.6 Å². The number of halogens is 4. The van der Waals surface area contributed by atoms with Crippen LogP contribution >= 0.6 is 39.1 Å². The first kappa shape index (κ1) is 15.3. The summed E-state index contributed by atoms with van der Waals surface area (Å²) in [4.78, 5) is 8.25. The molecule has 0 radical (unpaired) electrons. The van der Waals surface area contributed by atoms with Crippen LogP contribution in [0.15, 0.2) is 22.8 Å². The van der Waals surface area contributed by atoms with Gasteiger partial charge in [-0.2, -0.15) is 4.98 Å². The van der Waals surface area contributed by atoms with Crippen LogP contribution in [0.3, 0.4) is 0 Å². The van der Waals surface area contributed by atoms with Gasteiger partial charge in [0.25, 0.3) is 0 Å². The third-order valence-corrected chi connectivity index (χ3v) is 3.53. The van der Waals surface area contributed by atoms with Crippen molar-refractivity contribution in [1.29, 1.82) is 0 Å². The van der Waals surface area contributed by atoms with Crippen LogP contribution in [0.4, 0.5) is 21.8 Å². The topological polar surface area (TPSA) is 49.8 Å². The molecule has 1 heterocycles. The van der Waals surface area contributed by atoms with E-state index in [2.05, 4.69) is 36.5 Å². The number of hydrogen-bond donors (Lipinski definition) is 2. The molecular weight excluding hydrogens is 370 g/mol. The zero-order valence-corrected chi connectivity index (χ0v) is 13.4. The van der Waals surface area contributed by atoms with Crippen molar-refractivity contribution in [3.8, 4) is 0 Å². The summed E-state index contributed by atoms with van der Waals surface area (Å²) in [5, 5.41) is 6.49. The second kappa shape index (κ2) is 6.56. The summed E-state index contributed by atoms with van der Waals surface area (Å²) >= 11 is 15.3. The summed E-state index contributed by atoms with van der Waals surface area (Å²) in [6.45, 7) is 2.61. The first-order valence-electron chi connectivity index (χ1n) is 5.69. The lowest BCUT2D eigenvalue weighted by atomic mass is 10.3. The van der Waals surface area contributed by atoms with E-state index in [1.165, 1.54) is 18.3 Å². The Kier molecular flexibility index (Phi) is 5.01. The van der Waals surface area contributed by atoms with E-state index in [-0.39, 0.29) is 5.02 Å². The highest BCUT2D eigenvalue weighted by molar-refractivity contribution is 9.10. The van der Waals surface area contributed by atoms with Gasteiger partial charge in [0, 0.05) is 11.0 Å². The number of rotatable bonds is 4. The summed E-state index contributed by atoms with van der Waals surface area (Å²) in [5.41, 5.74) is 0.483. The van der Waals surface area contributed by atoms with Crippen LogP contribution in [0, 0.1) is 5.82 Å². The van der Waals surface area contributed by atoms with Crippen molar-refractivity contribution in [1.82, 2.24) is 9.97 Å². The summed E-state index contributed by atoms with van der Waals surface area (Å²) in [6.07, 6.45) is 1.47. The molecule has 2 rings (SSSR count). The van der Waals surface area contributed by atoms with Crippen LogP contribution in [0.1, 0.15) is 6.92 Å². The highest BCUT2D eigenvalue weighted by atomic mass is 79.9. The average molecular weight is 380 g/mol. The second-order valence-corrected chi connectivity index (χ2v) is 5.46. The average Bonchev–Trinajstić information content (AvgIpc) is 2.37. The third-order valence-electron chi connectivity index (χ3n) is 2.33. The molecule has 0 bridgehead atoms. The normalized spacial score (nSPS) is 10.4. The molecule has 0 spiro atoms. The Balaban J connectivity index is 2.37. The molecule has 2 aromatic rings. The molecular formula is C12H10BrCl2FN4. The van der Waals surface area contributed by atoms with Gasteiger partial charge in [-0.25, -0.2) is 9.37 Å². The molecule has 0 unspecified atom stereocenters. The summed E-state index contributed by atoms with van der Waals surface area (Å²) in [5.74, 6) is 0.384. The largest absolute Gasteiger partial charge is 0.354 e. The van der Waals surface area contributed by atoms with Crippen molar-refractivity contribution in [3.05, 3.63) is 38.7 Å². The van der Waals surface area contributed by atoms with Crippen molar-refractivity contribution in [2.24, 2.45) is 0 Å². The Labute approximate surface area is 133 Å². The Hall–Kier alpha value is -1.11. The molecule has 8 heteroatoms. The fourth-order valence-electron chi connectivity index (χ4n) is 1.48. The van der Waals surface area contributed by atoms with Gasteiger partial charge in [0.1, 0.15) is 10.8 Å². The van der Waals surface area contributed by atoms with E-state index in [0.717, 1.165) is 0 Å². The third kappa shape index (κ3) is 3.50. The Morgan fingerprint density at radius 3 is 2.70 bits per heavy atom. The monoisotopic (exact) mass is 378 g/mol. The van der Waals surface area contributed by atoms with E-state index >= 15 is 0 Å². The number of anilines is 3. The molecule has 106 valence electrons.